The summed E-state index contributed by atoms with van der Waals surface area (Å²) in [6.45, 7) is 3.82. The second kappa shape index (κ2) is 6.29. The molecule has 1 atom stereocenters. The number of halogens is 1. The fourth-order valence-corrected chi connectivity index (χ4v) is 3.65. The van der Waals surface area contributed by atoms with E-state index in [0.29, 0.717) is 11.3 Å². The second-order valence-corrected chi connectivity index (χ2v) is 7.33. The van der Waals surface area contributed by atoms with E-state index in [0.717, 1.165) is 32.3 Å². The van der Waals surface area contributed by atoms with E-state index in [-0.39, 0.29) is 11.9 Å². The molecule has 0 spiro atoms. The van der Waals surface area contributed by atoms with Crippen molar-refractivity contribution in [3.8, 4) is 0 Å². The van der Waals surface area contributed by atoms with E-state index in [1.165, 1.54) is 0 Å². The number of carbonyl (C=O) groups is 1. The van der Waals surface area contributed by atoms with E-state index in [9.17, 15) is 4.79 Å². The molecule has 0 saturated heterocycles. The van der Waals surface area contributed by atoms with Crippen LogP contribution in [0, 0.1) is 6.92 Å². The summed E-state index contributed by atoms with van der Waals surface area (Å²) in [6, 6.07) is 13.4. The van der Waals surface area contributed by atoms with E-state index >= 15 is 0 Å². The molecule has 1 N–H and O–H groups in total. The van der Waals surface area contributed by atoms with Gasteiger partial charge in [-0.25, -0.2) is 4.98 Å². The maximum Gasteiger partial charge on any atom is 0.287 e. The van der Waals surface area contributed by atoms with Crippen molar-refractivity contribution < 1.29 is 9.21 Å². The van der Waals surface area contributed by atoms with Crippen molar-refractivity contribution in [1.82, 2.24) is 14.9 Å². The molecule has 2 aromatic heterocycles. The van der Waals surface area contributed by atoms with Crippen LogP contribution in [0.25, 0.3) is 22.0 Å². The highest BCUT2D eigenvalue weighted by atomic mass is 79.9. The molecule has 0 aliphatic heterocycles. The number of aromatic nitrogens is 2. The number of amides is 1. The molecule has 0 aliphatic carbocycles. The van der Waals surface area contributed by atoms with Crippen molar-refractivity contribution in [3.05, 3.63) is 64.1 Å². The standard InChI is InChI=1S/C20H18BrN3O2/c1-11-14-10-13(21)8-9-17(14)26-18(11)20(25)22-12(2)19-23-15-6-4-5-7-16(15)24(19)3/h4-10,12H,1-3H3,(H,22,25)/t12-/m1/s1. The van der Waals surface area contributed by atoms with Gasteiger partial charge in [-0.1, -0.05) is 28.1 Å². The summed E-state index contributed by atoms with van der Waals surface area (Å²) in [5.41, 5.74) is 3.48. The molecule has 6 heteroatoms. The molecule has 1 amide bonds. The molecular weight excluding hydrogens is 394 g/mol. The molecule has 0 unspecified atom stereocenters. The number of imidazole rings is 1. The van der Waals surface area contributed by atoms with Gasteiger partial charge in [0.25, 0.3) is 5.91 Å². The minimum atomic E-state index is -0.251. The van der Waals surface area contributed by atoms with Crippen molar-refractivity contribution in [2.24, 2.45) is 7.05 Å². The maximum absolute atomic E-state index is 12.8. The Bertz CT molecular complexity index is 1140. The summed E-state index contributed by atoms with van der Waals surface area (Å²) in [6.07, 6.45) is 0. The number of fused-ring (bicyclic) bond motifs is 2. The van der Waals surface area contributed by atoms with Gasteiger partial charge < -0.3 is 14.3 Å². The first-order valence-corrected chi connectivity index (χ1v) is 9.16. The first-order valence-electron chi connectivity index (χ1n) is 8.36. The fraction of sp³-hybridized carbons (Fsp3) is 0.200. The summed E-state index contributed by atoms with van der Waals surface area (Å²) < 4.78 is 8.74. The van der Waals surface area contributed by atoms with E-state index < -0.39 is 0 Å². The van der Waals surface area contributed by atoms with Crippen LogP contribution >= 0.6 is 15.9 Å². The van der Waals surface area contributed by atoms with Crippen LogP contribution in [0.5, 0.6) is 0 Å². The van der Waals surface area contributed by atoms with Gasteiger partial charge in [-0.2, -0.15) is 0 Å². The molecule has 0 aliphatic rings. The molecule has 4 rings (SSSR count). The Labute approximate surface area is 159 Å². The lowest BCUT2D eigenvalue weighted by Gasteiger charge is -2.13. The average molecular weight is 412 g/mol. The molecule has 0 bridgehead atoms. The first-order chi connectivity index (χ1) is 12.5. The van der Waals surface area contributed by atoms with Crippen LogP contribution in [0.3, 0.4) is 0 Å². The molecule has 0 saturated carbocycles. The van der Waals surface area contributed by atoms with Gasteiger partial charge in [-0.15, -0.1) is 0 Å². The van der Waals surface area contributed by atoms with Gasteiger partial charge in [0.05, 0.1) is 17.1 Å². The third-order valence-electron chi connectivity index (χ3n) is 4.66. The highest BCUT2D eigenvalue weighted by molar-refractivity contribution is 9.10. The van der Waals surface area contributed by atoms with Crippen LogP contribution in [-0.4, -0.2) is 15.5 Å². The predicted molar refractivity (Wildman–Crippen MR) is 105 cm³/mol. The molecular formula is C20H18BrN3O2. The lowest BCUT2D eigenvalue weighted by Crippen LogP contribution is -2.28. The molecule has 2 heterocycles. The van der Waals surface area contributed by atoms with Crippen LogP contribution in [0.4, 0.5) is 0 Å². The van der Waals surface area contributed by atoms with E-state index in [2.05, 4.69) is 26.2 Å². The smallest absolute Gasteiger partial charge is 0.287 e. The molecule has 0 fully saturated rings. The lowest BCUT2D eigenvalue weighted by atomic mass is 10.1. The number of nitrogens with one attached hydrogen (secondary N) is 1. The number of carbonyl (C=O) groups excluding carboxylic acids is 1. The fourth-order valence-electron chi connectivity index (χ4n) is 3.29. The molecule has 26 heavy (non-hydrogen) atoms. The summed E-state index contributed by atoms with van der Waals surface area (Å²) >= 11 is 3.46. The first kappa shape index (κ1) is 16.8. The van der Waals surface area contributed by atoms with E-state index in [1.54, 1.807) is 0 Å². The Balaban J connectivity index is 1.65. The third-order valence-corrected chi connectivity index (χ3v) is 5.15. The van der Waals surface area contributed by atoms with Gasteiger partial charge in [0.15, 0.2) is 5.76 Å². The Hall–Kier alpha value is -2.60. The Morgan fingerprint density at radius 3 is 2.81 bits per heavy atom. The minimum absolute atomic E-state index is 0.241. The molecule has 5 nitrogen and oxygen atoms in total. The van der Waals surface area contributed by atoms with Crippen LogP contribution in [0.2, 0.25) is 0 Å². The van der Waals surface area contributed by atoms with Crippen LogP contribution < -0.4 is 5.32 Å². The Kier molecular flexibility index (Phi) is 4.07. The van der Waals surface area contributed by atoms with Gasteiger partial charge in [0.1, 0.15) is 11.4 Å². The van der Waals surface area contributed by atoms with Crippen LogP contribution in [-0.2, 0) is 7.05 Å². The zero-order valence-electron chi connectivity index (χ0n) is 14.7. The topological polar surface area (TPSA) is 60.1 Å². The van der Waals surface area contributed by atoms with E-state index in [4.69, 9.17) is 4.42 Å². The number of benzene rings is 2. The monoisotopic (exact) mass is 411 g/mol. The molecule has 4 aromatic rings. The summed E-state index contributed by atoms with van der Waals surface area (Å²) in [4.78, 5) is 17.4. The number of hydrogen-bond acceptors (Lipinski definition) is 3. The number of nitrogens with zero attached hydrogens (tertiary/aromatic N) is 2. The molecule has 0 radical (unpaired) electrons. The van der Waals surface area contributed by atoms with Gasteiger partial charge in [0, 0.05) is 22.5 Å². The predicted octanol–water partition coefficient (Wildman–Crippen LogP) is 4.88. The van der Waals surface area contributed by atoms with Crippen LogP contribution in [0.1, 0.15) is 34.9 Å². The third kappa shape index (κ3) is 2.70. The number of hydrogen-bond donors (Lipinski definition) is 1. The quantitative estimate of drug-likeness (QED) is 0.522. The van der Waals surface area contributed by atoms with Crippen molar-refractivity contribution in [1.29, 1.82) is 0 Å². The Morgan fingerprint density at radius 2 is 2.04 bits per heavy atom. The van der Waals surface area contributed by atoms with Gasteiger partial charge in [-0.3, -0.25) is 4.79 Å². The number of rotatable bonds is 3. The normalized spacial score (nSPS) is 12.6. The van der Waals surface area contributed by atoms with E-state index in [1.807, 2.05) is 67.9 Å². The van der Waals surface area contributed by atoms with Gasteiger partial charge >= 0.3 is 0 Å². The van der Waals surface area contributed by atoms with Gasteiger partial charge in [-0.05, 0) is 44.2 Å². The van der Waals surface area contributed by atoms with Crippen molar-refractivity contribution >= 4 is 43.8 Å². The summed E-state index contributed by atoms with van der Waals surface area (Å²) in [5.74, 6) is 0.897. The largest absolute Gasteiger partial charge is 0.451 e. The maximum atomic E-state index is 12.8. The highest BCUT2D eigenvalue weighted by Gasteiger charge is 2.22. The van der Waals surface area contributed by atoms with Crippen molar-refractivity contribution in [3.63, 3.8) is 0 Å². The molecule has 2 aromatic carbocycles. The minimum Gasteiger partial charge on any atom is -0.451 e. The molecule has 132 valence electrons. The average Bonchev–Trinajstić information content (AvgIpc) is 3.13. The van der Waals surface area contributed by atoms with Crippen LogP contribution in [0.15, 0.2) is 51.4 Å². The Morgan fingerprint density at radius 1 is 1.27 bits per heavy atom. The number of para-hydroxylation sites is 2. The number of furan rings is 1. The lowest BCUT2D eigenvalue weighted by molar-refractivity contribution is 0.0911. The van der Waals surface area contributed by atoms with Gasteiger partial charge in [0.2, 0.25) is 0 Å². The highest BCUT2D eigenvalue weighted by Crippen LogP contribution is 2.28. The van der Waals surface area contributed by atoms with Crippen molar-refractivity contribution in [2.45, 2.75) is 19.9 Å². The van der Waals surface area contributed by atoms with Crippen molar-refractivity contribution in [2.75, 3.05) is 0 Å². The SMILES string of the molecule is Cc1c(C(=O)N[C@H](C)c2nc3ccccc3n2C)oc2ccc(Br)cc12. The number of aryl methyl sites for hydroxylation is 2. The second-order valence-electron chi connectivity index (χ2n) is 6.41. The zero-order chi connectivity index (χ0) is 18.4. The summed E-state index contributed by atoms with van der Waals surface area (Å²) in [5, 5.41) is 3.93. The summed E-state index contributed by atoms with van der Waals surface area (Å²) in [7, 11) is 1.96. The zero-order valence-corrected chi connectivity index (χ0v) is 16.3.